The fourth-order valence-corrected chi connectivity index (χ4v) is 3.08. The molecule has 2 aromatic carbocycles. The molecule has 6 heteroatoms. The van der Waals surface area contributed by atoms with Gasteiger partial charge in [0, 0.05) is 0 Å². The number of hydrogen-bond acceptors (Lipinski definition) is 3. The molecule has 0 spiro atoms. The van der Waals surface area contributed by atoms with Gasteiger partial charge in [-0.3, -0.25) is 4.72 Å². The number of carbonyl (C=O) groups is 1. The molecule has 0 fully saturated rings. The number of carboxylic acid groups (broad SMARTS) is 1. The van der Waals surface area contributed by atoms with Crippen LogP contribution in [0.3, 0.4) is 0 Å². The van der Waals surface area contributed by atoms with Crippen molar-refractivity contribution in [2.75, 3.05) is 4.72 Å². The van der Waals surface area contributed by atoms with Crippen LogP contribution in [0.5, 0.6) is 0 Å². The van der Waals surface area contributed by atoms with Crippen LogP contribution in [-0.4, -0.2) is 19.5 Å². The van der Waals surface area contributed by atoms with Crippen LogP contribution in [0.2, 0.25) is 0 Å². The molecular weight excluding hydrogens is 302 g/mol. The van der Waals surface area contributed by atoms with Crippen molar-refractivity contribution in [2.24, 2.45) is 0 Å². The Morgan fingerprint density at radius 2 is 1.77 bits per heavy atom. The molecule has 0 saturated heterocycles. The third-order valence-corrected chi connectivity index (χ3v) is 4.68. The van der Waals surface area contributed by atoms with E-state index >= 15 is 0 Å². The van der Waals surface area contributed by atoms with Crippen molar-refractivity contribution in [1.29, 1.82) is 0 Å². The van der Waals surface area contributed by atoms with Crippen molar-refractivity contribution in [1.82, 2.24) is 0 Å². The zero-order valence-corrected chi connectivity index (χ0v) is 13.1. The molecule has 0 unspecified atom stereocenters. The Labute approximate surface area is 129 Å². The molecule has 2 aromatic rings. The van der Waals surface area contributed by atoms with E-state index in [1.165, 1.54) is 24.3 Å². The topological polar surface area (TPSA) is 83.5 Å². The predicted octanol–water partition coefficient (Wildman–Crippen LogP) is 3.06. The van der Waals surface area contributed by atoms with Gasteiger partial charge in [0.25, 0.3) is 10.0 Å². The smallest absolute Gasteiger partial charge is 0.337 e. The highest BCUT2D eigenvalue weighted by atomic mass is 32.2. The van der Waals surface area contributed by atoms with Crippen LogP contribution in [-0.2, 0) is 16.4 Å². The number of rotatable bonds is 5. The van der Waals surface area contributed by atoms with E-state index in [1.54, 1.807) is 18.2 Å². The molecule has 0 amide bonds. The molecule has 0 aromatic heterocycles. The van der Waals surface area contributed by atoms with Crippen LogP contribution in [0.4, 0.5) is 5.69 Å². The lowest BCUT2D eigenvalue weighted by Crippen LogP contribution is -2.15. The zero-order valence-electron chi connectivity index (χ0n) is 12.3. The van der Waals surface area contributed by atoms with Crippen LogP contribution in [0.1, 0.15) is 28.4 Å². The molecule has 0 aliphatic heterocycles. The summed E-state index contributed by atoms with van der Waals surface area (Å²) in [6.45, 7) is 3.76. The molecule has 0 radical (unpaired) electrons. The molecule has 2 rings (SSSR count). The third-order valence-electron chi connectivity index (χ3n) is 3.30. The fourth-order valence-electron chi connectivity index (χ4n) is 2.00. The van der Waals surface area contributed by atoms with Crippen LogP contribution < -0.4 is 4.72 Å². The maximum absolute atomic E-state index is 12.3. The largest absolute Gasteiger partial charge is 0.478 e. The summed E-state index contributed by atoms with van der Waals surface area (Å²) in [6, 6.07) is 11.0. The van der Waals surface area contributed by atoms with Gasteiger partial charge in [-0.15, -0.1) is 0 Å². The van der Waals surface area contributed by atoms with E-state index in [-0.39, 0.29) is 16.1 Å². The van der Waals surface area contributed by atoms with Crippen LogP contribution in [0, 0.1) is 6.92 Å². The third kappa shape index (κ3) is 3.46. The van der Waals surface area contributed by atoms with E-state index in [2.05, 4.69) is 4.72 Å². The number of benzene rings is 2. The lowest BCUT2D eigenvalue weighted by atomic mass is 10.1. The first-order valence-electron chi connectivity index (χ1n) is 6.79. The van der Waals surface area contributed by atoms with Crippen LogP contribution in [0.15, 0.2) is 47.4 Å². The van der Waals surface area contributed by atoms with Gasteiger partial charge in [0.2, 0.25) is 0 Å². The number of nitrogens with one attached hydrogen (secondary N) is 1. The zero-order chi connectivity index (χ0) is 16.3. The second-order valence-electron chi connectivity index (χ2n) is 4.96. The molecule has 0 atom stereocenters. The Bertz CT molecular complexity index is 795. The van der Waals surface area contributed by atoms with Gasteiger partial charge in [-0.05, 0) is 43.2 Å². The number of sulfonamides is 1. The molecule has 116 valence electrons. The van der Waals surface area contributed by atoms with Crippen LogP contribution in [0.25, 0.3) is 0 Å². The van der Waals surface area contributed by atoms with E-state index in [1.807, 2.05) is 13.8 Å². The van der Waals surface area contributed by atoms with Crippen molar-refractivity contribution in [3.8, 4) is 0 Å². The second-order valence-corrected chi connectivity index (χ2v) is 6.64. The quantitative estimate of drug-likeness (QED) is 0.887. The van der Waals surface area contributed by atoms with E-state index in [0.717, 1.165) is 11.1 Å². The second kappa shape index (κ2) is 6.19. The molecule has 0 heterocycles. The fraction of sp³-hybridized carbons (Fsp3) is 0.188. The normalized spacial score (nSPS) is 11.2. The highest BCUT2D eigenvalue weighted by Crippen LogP contribution is 2.22. The first-order chi connectivity index (χ1) is 10.3. The number of carboxylic acids is 1. The van der Waals surface area contributed by atoms with E-state index in [0.29, 0.717) is 6.42 Å². The van der Waals surface area contributed by atoms with Crippen molar-refractivity contribution in [3.05, 3.63) is 59.2 Å². The summed E-state index contributed by atoms with van der Waals surface area (Å²) in [5.41, 5.74) is 1.77. The van der Waals surface area contributed by atoms with Crippen molar-refractivity contribution in [2.45, 2.75) is 25.2 Å². The average Bonchev–Trinajstić information content (AvgIpc) is 2.47. The summed E-state index contributed by atoms with van der Waals surface area (Å²) in [5, 5.41) is 9.25. The van der Waals surface area contributed by atoms with E-state index in [9.17, 15) is 18.3 Å². The Balaban J connectivity index is 2.41. The van der Waals surface area contributed by atoms with Gasteiger partial charge < -0.3 is 5.11 Å². The number of aromatic carboxylic acids is 1. The summed E-state index contributed by atoms with van der Waals surface area (Å²) in [6.07, 6.45) is 0.672. The van der Waals surface area contributed by atoms with Crippen LogP contribution >= 0.6 is 0 Å². The Morgan fingerprint density at radius 3 is 2.32 bits per heavy atom. The molecule has 0 aliphatic carbocycles. The SMILES string of the molecule is CCc1ccc(NS(=O)(=O)c2ccc(C)cc2)c(C(=O)O)c1. The molecule has 5 nitrogen and oxygen atoms in total. The Morgan fingerprint density at radius 1 is 1.14 bits per heavy atom. The van der Waals surface area contributed by atoms with Crippen molar-refractivity contribution in [3.63, 3.8) is 0 Å². The van der Waals surface area contributed by atoms with Gasteiger partial charge in [0.05, 0.1) is 16.1 Å². The van der Waals surface area contributed by atoms with Gasteiger partial charge >= 0.3 is 5.97 Å². The minimum absolute atomic E-state index is 0.0602. The van der Waals surface area contributed by atoms with Gasteiger partial charge in [-0.2, -0.15) is 0 Å². The summed E-state index contributed by atoms with van der Waals surface area (Å²) < 4.78 is 27.0. The lowest BCUT2D eigenvalue weighted by Gasteiger charge is -2.12. The van der Waals surface area contributed by atoms with Gasteiger partial charge in [-0.25, -0.2) is 13.2 Å². The van der Waals surface area contributed by atoms with Gasteiger partial charge in [-0.1, -0.05) is 30.7 Å². The minimum Gasteiger partial charge on any atom is -0.478 e. The molecule has 22 heavy (non-hydrogen) atoms. The summed E-state index contributed by atoms with van der Waals surface area (Å²) in [4.78, 5) is 11.4. The molecule has 0 bridgehead atoms. The van der Waals surface area contributed by atoms with Gasteiger partial charge in [0.1, 0.15) is 0 Å². The number of hydrogen-bond donors (Lipinski definition) is 2. The monoisotopic (exact) mass is 319 g/mol. The molecule has 2 N–H and O–H groups in total. The molecule has 0 aliphatic rings. The van der Waals surface area contributed by atoms with E-state index < -0.39 is 16.0 Å². The number of aryl methyl sites for hydroxylation is 2. The predicted molar refractivity (Wildman–Crippen MR) is 84.8 cm³/mol. The highest BCUT2D eigenvalue weighted by molar-refractivity contribution is 7.92. The maximum atomic E-state index is 12.3. The summed E-state index contributed by atoms with van der Waals surface area (Å²) >= 11 is 0. The molecular formula is C16H17NO4S. The van der Waals surface area contributed by atoms with E-state index in [4.69, 9.17) is 0 Å². The van der Waals surface area contributed by atoms with Gasteiger partial charge in [0.15, 0.2) is 0 Å². The Kier molecular flexibility index (Phi) is 4.51. The maximum Gasteiger partial charge on any atom is 0.337 e. The Hall–Kier alpha value is -2.34. The standard InChI is InChI=1S/C16H17NO4S/c1-3-12-6-9-15(14(10-12)16(18)19)17-22(20,21)13-7-4-11(2)5-8-13/h4-10,17H,3H2,1-2H3,(H,18,19). The first kappa shape index (κ1) is 16.0. The van der Waals surface area contributed by atoms with Crippen molar-refractivity contribution < 1.29 is 18.3 Å². The first-order valence-corrected chi connectivity index (χ1v) is 8.27. The average molecular weight is 319 g/mol. The van der Waals surface area contributed by atoms with Crippen molar-refractivity contribution >= 4 is 21.7 Å². The number of anilines is 1. The summed E-state index contributed by atoms with van der Waals surface area (Å²) in [7, 11) is -3.82. The molecule has 0 saturated carbocycles. The highest BCUT2D eigenvalue weighted by Gasteiger charge is 2.18. The summed E-state index contributed by atoms with van der Waals surface area (Å²) in [5.74, 6) is -1.17. The lowest BCUT2D eigenvalue weighted by molar-refractivity contribution is 0.0698. The minimum atomic E-state index is -3.82.